The fourth-order valence-electron chi connectivity index (χ4n) is 4.36. The Morgan fingerprint density at radius 1 is 0.533 bits per heavy atom. The predicted octanol–water partition coefficient (Wildman–Crippen LogP) is 4.30. The SMILES string of the molecule is O=C1C(c2ccccc2)=C(N2CCN(c3ccccc3)CC2)C(=O)c2ccccc21. The van der Waals surface area contributed by atoms with Crippen molar-refractivity contribution < 1.29 is 9.59 Å². The zero-order chi connectivity index (χ0) is 20.5. The normalized spacial score (nSPS) is 16.7. The molecule has 1 saturated heterocycles. The number of piperazine rings is 1. The lowest BCUT2D eigenvalue weighted by Gasteiger charge is -2.39. The third-order valence-corrected chi connectivity index (χ3v) is 5.87. The highest BCUT2D eigenvalue weighted by molar-refractivity contribution is 6.40. The second-order valence-corrected chi connectivity index (χ2v) is 7.60. The molecule has 0 spiro atoms. The summed E-state index contributed by atoms with van der Waals surface area (Å²) in [7, 11) is 0. The fraction of sp³-hybridized carbons (Fsp3) is 0.154. The molecule has 5 rings (SSSR count). The number of para-hydroxylation sites is 1. The Bertz CT molecular complexity index is 1130. The number of hydrogen-bond acceptors (Lipinski definition) is 4. The van der Waals surface area contributed by atoms with Gasteiger partial charge in [0.2, 0.25) is 5.78 Å². The van der Waals surface area contributed by atoms with Crippen LogP contribution in [0.3, 0.4) is 0 Å². The number of rotatable bonds is 3. The third kappa shape index (κ3) is 3.11. The molecule has 0 amide bonds. The van der Waals surface area contributed by atoms with Crippen molar-refractivity contribution in [1.82, 2.24) is 4.90 Å². The molecule has 1 fully saturated rings. The lowest BCUT2D eigenvalue weighted by atomic mass is 9.83. The number of carbonyl (C=O) groups excluding carboxylic acids is 2. The number of anilines is 1. The van der Waals surface area contributed by atoms with Gasteiger partial charge in [0.15, 0.2) is 5.78 Å². The quantitative estimate of drug-likeness (QED) is 0.664. The van der Waals surface area contributed by atoms with Crippen LogP contribution < -0.4 is 4.90 Å². The van der Waals surface area contributed by atoms with Gasteiger partial charge in [-0.15, -0.1) is 0 Å². The van der Waals surface area contributed by atoms with E-state index >= 15 is 0 Å². The van der Waals surface area contributed by atoms with Crippen LogP contribution in [0.15, 0.2) is 90.6 Å². The standard InChI is InChI=1S/C26H22N2O2/c29-25-21-13-7-8-14-22(21)26(30)24(23(25)19-9-3-1-4-10-19)28-17-15-27(16-18-28)20-11-5-2-6-12-20/h1-14H,15-18H2. The van der Waals surface area contributed by atoms with Crippen LogP contribution in [-0.2, 0) is 0 Å². The molecule has 4 heteroatoms. The van der Waals surface area contributed by atoms with Gasteiger partial charge >= 0.3 is 0 Å². The molecule has 0 saturated carbocycles. The van der Waals surface area contributed by atoms with Gasteiger partial charge in [-0.25, -0.2) is 0 Å². The summed E-state index contributed by atoms with van der Waals surface area (Å²) in [6, 6.07) is 27.0. The largest absolute Gasteiger partial charge is 0.368 e. The summed E-state index contributed by atoms with van der Waals surface area (Å²) in [5, 5.41) is 0. The first-order valence-corrected chi connectivity index (χ1v) is 10.3. The maximum absolute atomic E-state index is 13.5. The van der Waals surface area contributed by atoms with Gasteiger partial charge in [-0.1, -0.05) is 72.8 Å². The van der Waals surface area contributed by atoms with Crippen molar-refractivity contribution in [2.45, 2.75) is 0 Å². The number of nitrogens with zero attached hydrogens (tertiary/aromatic N) is 2. The number of carbonyl (C=O) groups is 2. The Labute approximate surface area is 176 Å². The van der Waals surface area contributed by atoms with Crippen molar-refractivity contribution in [2.75, 3.05) is 31.1 Å². The molecule has 1 aliphatic carbocycles. The summed E-state index contributed by atoms with van der Waals surface area (Å²) < 4.78 is 0. The number of Topliss-reactive ketones (excluding diaryl/α,β-unsaturated/α-hetero) is 2. The van der Waals surface area contributed by atoms with E-state index in [2.05, 4.69) is 21.9 Å². The van der Waals surface area contributed by atoms with Crippen molar-refractivity contribution in [3.05, 3.63) is 107 Å². The molecule has 0 bridgehead atoms. The fourth-order valence-corrected chi connectivity index (χ4v) is 4.36. The van der Waals surface area contributed by atoms with Crippen molar-refractivity contribution >= 4 is 22.8 Å². The van der Waals surface area contributed by atoms with E-state index in [1.54, 1.807) is 12.1 Å². The molecule has 3 aromatic rings. The molecule has 2 aliphatic rings. The molecule has 4 nitrogen and oxygen atoms in total. The summed E-state index contributed by atoms with van der Waals surface area (Å²) in [6.45, 7) is 3.00. The average molecular weight is 394 g/mol. The van der Waals surface area contributed by atoms with E-state index in [-0.39, 0.29) is 11.6 Å². The minimum atomic E-state index is -0.0723. The van der Waals surface area contributed by atoms with Gasteiger partial charge in [0.1, 0.15) is 0 Å². The van der Waals surface area contributed by atoms with E-state index in [0.29, 0.717) is 35.5 Å². The smallest absolute Gasteiger partial charge is 0.210 e. The van der Waals surface area contributed by atoms with E-state index < -0.39 is 0 Å². The molecule has 1 aliphatic heterocycles. The van der Waals surface area contributed by atoms with Gasteiger partial charge in [-0.3, -0.25) is 9.59 Å². The van der Waals surface area contributed by atoms with Crippen LogP contribution in [0.2, 0.25) is 0 Å². The molecule has 0 N–H and O–H groups in total. The topological polar surface area (TPSA) is 40.6 Å². The van der Waals surface area contributed by atoms with Crippen LogP contribution in [0.25, 0.3) is 5.57 Å². The second-order valence-electron chi connectivity index (χ2n) is 7.60. The van der Waals surface area contributed by atoms with E-state index in [1.807, 2.05) is 60.7 Å². The van der Waals surface area contributed by atoms with Crippen molar-refractivity contribution in [3.63, 3.8) is 0 Å². The summed E-state index contributed by atoms with van der Waals surface area (Å²) in [5.41, 5.74) is 4.04. The lowest BCUT2D eigenvalue weighted by molar-refractivity contribution is 0.0956. The number of ketones is 2. The summed E-state index contributed by atoms with van der Waals surface area (Å²) in [4.78, 5) is 31.4. The van der Waals surface area contributed by atoms with Crippen molar-refractivity contribution in [3.8, 4) is 0 Å². The summed E-state index contributed by atoms with van der Waals surface area (Å²) >= 11 is 0. The first-order valence-electron chi connectivity index (χ1n) is 10.3. The average Bonchev–Trinajstić information content (AvgIpc) is 2.82. The molecule has 0 radical (unpaired) electrons. The highest BCUT2D eigenvalue weighted by Gasteiger charge is 2.36. The van der Waals surface area contributed by atoms with Crippen LogP contribution in [0.5, 0.6) is 0 Å². The van der Waals surface area contributed by atoms with Crippen LogP contribution in [0, 0.1) is 0 Å². The van der Waals surface area contributed by atoms with Crippen molar-refractivity contribution in [1.29, 1.82) is 0 Å². The maximum Gasteiger partial charge on any atom is 0.210 e. The van der Waals surface area contributed by atoms with Crippen LogP contribution in [0.4, 0.5) is 5.69 Å². The first kappa shape index (κ1) is 18.4. The Hall–Kier alpha value is -3.66. The lowest BCUT2D eigenvalue weighted by Crippen LogP contribution is -2.48. The van der Waals surface area contributed by atoms with Gasteiger partial charge in [0.05, 0.1) is 11.3 Å². The Morgan fingerprint density at radius 2 is 1.03 bits per heavy atom. The number of allylic oxidation sites excluding steroid dienone is 2. The van der Waals surface area contributed by atoms with E-state index in [0.717, 1.165) is 18.7 Å². The minimum Gasteiger partial charge on any atom is -0.368 e. The first-order chi connectivity index (χ1) is 14.7. The summed E-state index contributed by atoms with van der Waals surface area (Å²) in [6.07, 6.45) is 0. The zero-order valence-corrected chi connectivity index (χ0v) is 16.6. The molecular formula is C26H22N2O2. The van der Waals surface area contributed by atoms with E-state index in [4.69, 9.17) is 0 Å². The van der Waals surface area contributed by atoms with Crippen LogP contribution >= 0.6 is 0 Å². The molecule has 1 heterocycles. The number of fused-ring (bicyclic) bond motifs is 1. The summed E-state index contributed by atoms with van der Waals surface area (Å²) in [5.74, 6) is -0.130. The molecule has 0 atom stereocenters. The molecule has 0 unspecified atom stereocenters. The van der Waals surface area contributed by atoms with Gasteiger partial charge in [-0.2, -0.15) is 0 Å². The van der Waals surface area contributed by atoms with Gasteiger partial charge < -0.3 is 9.80 Å². The molecule has 148 valence electrons. The third-order valence-electron chi connectivity index (χ3n) is 5.87. The zero-order valence-electron chi connectivity index (χ0n) is 16.6. The minimum absolute atomic E-state index is 0.0581. The molecule has 3 aromatic carbocycles. The predicted molar refractivity (Wildman–Crippen MR) is 119 cm³/mol. The van der Waals surface area contributed by atoms with Gasteiger partial charge in [0.25, 0.3) is 0 Å². The Balaban J connectivity index is 1.54. The van der Waals surface area contributed by atoms with Gasteiger partial charge in [0, 0.05) is 43.0 Å². The van der Waals surface area contributed by atoms with Gasteiger partial charge in [-0.05, 0) is 17.7 Å². The second kappa shape index (κ2) is 7.64. The van der Waals surface area contributed by atoms with E-state index in [1.165, 1.54) is 5.69 Å². The van der Waals surface area contributed by atoms with Crippen LogP contribution in [0.1, 0.15) is 26.3 Å². The molecule has 0 aromatic heterocycles. The highest BCUT2D eigenvalue weighted by atomic mass is 16.1. The van der Waals surface area contributed by atoms with Crippen molar-refractivity contribution in [2.24, 2.45) is 0 Å². The maximum atomic E-state index is 13.5. The van der Waals surface area contributed by atoms with Crippen LogP contribution in [-0.4, -0.2) is 42.6 Å². The Morgan fingerprint density at radius 3 is 1.67 bits per heavy atom. The monoisotopic (exact) mass is 394 g/mol. The number of hydrogen-bond donors (Lipinski definition) is 0. The highest BCUT2D eigenvalue weighted by Crippen LogP contribution is 2.34. The Kier molecular flexibility index (Phi) is 4.68. The number of benzene rings is 3. The van der Waals surface area contributed by atoms with E-state index in [9.17, 15) is 9.59 Å². The molecule has 30 heavy (non-hydrogen) atoms. The molecular weight excluding hydrogens is 372 g/mol.